The van der Waals surface area contributed by atoms with Crippen molar-refractivity contribution in [1.29, 1.82) is 0 Å². The first-order valence-corrected chi connectivity index (χ1v) is 7.77. The van der Waals surface area contributed by atoms with Crippen molar-refractivity contribution >= 4 is 5.91 Å². The van der Waals surface area contributed by atoms with Gasteiger partial charge in [0.2, 0.25) is 0 Å². The third-order valence-corrected chi connectivity index (χ3v) is 3.90. The van der Waals surface area contributed by atoms with Crippen LogP contribution in [0.4, 0.5) is 0 Å². The van der Waals surface area contributed by atoms with Crippen LogP contribution < -0.4 is 5.32 Å². The van der Waals surface area contributed by atoms with Gasteiger partial charge in [-0.2, -0.15) is 0 Å². The van der Waals surface area contributed by atoms with Crippen LogP contribution in [-0.4, -0.2) is 17.6 Å². The maximum atomic E-state index is 12.6. The monoisotopic (exact) mass is 321 g/mol. The molecule has 0 aliphatic heterocycles. The van der Waals surface area contributed by atoms with Crippen molar-refractivity contribution in [3.63, 3.8) is 0 Å². The summed E-state index contributed by atoms with van der Waals surface area (Å²) in [5.41, 5.74) is 1.13. The molecule has 0 saturated heterocycles. The highest BCUT2D eigenvalue weighted by Gasteiger charge is 2.27. The number of benzene rings is 2. The molecule has 0 fully saturated rings. The van der Waals surface area contributed by atoms with Gasteiger partial charge in [-0.25, -0.2) is 0 Å². The second-order valence-electron chi connectivity index (χ2n) is 5.85. The predicted octanol–water partition coefficient (Wildman–Crippen LogP) is 3.58. The molecular weight excluding hydrogens is 302 g/mol. The molecule has 4 heteroatoms. The third kappa shape index (κ3) is 3.39. The number of amides is 1. The molecule has 0 bridgehead atoms. The second-order valence-corrected chi connectivity index (χ2v) is 5.85. The van der Waals surface area contributed by atoms with E-state index in [1.54, 1.807) is 25.1 Å². The highest BCUT2D eigenvalue weighted by atomic mass is 16.4. The van der Waals surface area contributed by atoms with Crippen molar-refractivity contribution in [3.05, 3.63) is 84.3 Å². The van der Waals surface area contributed by atoms with Gasteiger partial charge in [0.15, 0.2) is 0 Å². The molecule has 0 radical (unpaired) electrons. The van der Waals surface area contributed by atoms with Gasteiger partial charge in [0, 0.05) is 5.56 Å². The third-order valence-electron chi connectivity index (χ3n) is 3.90. The van der Waals surface area contributed by atoms with E-state index >= 15 is 0 Å². The van der Waals surface area contributed by atoms with Crippen LogP contribution in [0.1, 0.15) is 23.0 Å². The van der Waals surface area contributed by atoms with Crippen LogP contribution in [0.3, 0.4) is 0 Å². The van der Waals surface area contributed by atoms with Gasteiger partial charge in [0.25, 0.3) is 5.91 Å². The number of aliphatic hydroxyl groups is 1. The minimum atomic E-state index is -1.26. The Labute approximate surface area is 140 Å². The fourth-order valence-electron chi connectivity index (χ4n) is 2.57. The molecule has 3 aromatic rings. The maximum absolute atomic E-state index is 12.6. The Balaban J connectivity index is 1.79. The average Bonchev–Trinajstić information content (AvgIpc) is 3.16. The molecule has 0 spiro atoms. The van der Waals surface area contributed by atoms with Crippen molar-refractivity contribution in [3.8, 4) is 11.1 Å². The summed E-state index contributed by atoms with van der Waals surface area (Å²) in [5.74, 6) is 0.181. The Bertz CT molecular complexity index is 808. The van der Waals surface area contributed by atoms with E-state index in [4.69, 9.17) is 4.42 Å². The lowest BCUT2D eigenvalue weighted by Crippen LogP contribution is -2.38. The van der Waals surface area contributed by atoms with Gasteiger partial charge in [-0.15, -0.1) is 0 Å². The van der Waals surface area contributed by atoms with E-state index in [0.717, 1.165) is 11.1 Å². The van der Waals surface area contributed by atoms with E-state index in [0.29, 0.717) is 11.3 Å². The van der Waals surface area contributed by atoms with Gasteiger partial charge in [-0.3, -0.25) is 4.79 Å². The van der Waals surface area contributed by atoms with E-state index in [9.17, 15) is 9.90 Å². The molecule has 24 heavy (non-hydrogen) atoms. The molecule has 0 saturated carbocycles. The molecule has 3 rings (SSSR count). The lowest BCUT2D eigenvalue weighted by Gasteiger charge is -2.21. The molecule has 4 nitrogen and oxygen atoms in total. The lowest BCUT2D eigenvalue weighted by atomic mass is 9.98. The largest absolute Gasteiger partial charge is 0.466 e. The molecule has 1 aromatic heterocycles. The standard InChI is InChI=1S/C20H19NO3/c1-20(23,18-12-7-13-24-18)14-21-19(22)17-11-6-5-10-16(17)15-8-3-2-4-9-15/h2-13,23H,14H2,1H3,(H,21,22). The molecule has 0 aliphatic rings. The van der Waals surface area contributed by atoms with Gasteiger partial charge in [0.1, 0.15) is 11.4 Å². The van der Waals surface area contributed by atoms with E-state index in [2.05, 4.69) is 5.32 Å². The summed E-state index contributed by atoms with van der Waals surface area (Å²) in [5, 5.41) is 13.2. The first-order valence-electron chi connectivity index (χ1n) is 7.77. The smallest absolute Gasteiger partial charge is 0.252 e. The van der Waals surface area contributed by atoms with Crippen molar-refractivity contribution in [1.82, 2.24) is 5.32 Å². The van der Waals surface area contributed by atoms with Crippen molar-refractivity contribution in [2.24, 2.45) is 0 Å². The molecule has 1 amide bonds. The zero-order chi connectivity index (χ0) is 17.0. The molecule has 1 unspecified atom stereocenters. The summed E-state index contributed by atoms with van der Waals surface area (Å²) >= 11 is 0. The summed E-state index contributed by atoms with van der Waals surface area (Å²) in [7, 11) is 0. The van der Waals surface area contributed by atoms with Crippen LogP contribution in [0.2, 0.25) is 0 Å². The Kier molecular flexibility index (Phi) is 4.49. The second kappa shape index (κ2) is 6.72. The summed E-state index contributed by atoms with van der Waals surface area (Å²) < 4.78 is 5.23. The Morgan fingerprint density at radius 2 is 1.75 bits per heavy atom. The fraction of sp³-hybridized carbons (Fsp3) is 0.150. The fourth-order valence-corrected chi connectivity index (χ4v) is 2.57. The van der Waals surface area contributed by atoms with E-state index in [1.807, 2.05) is 48.5 Å². The topological polar surface area (TPSA) is 62.5 Å². The van der Waals surface area contributed by atoms with Gasteiger partial charge in [0.05, 0.1) is 12.8 Å². The number of carbonyl (C=O) groups excluding carboxylic acids is 1. The predicted molar refractivity (Wildman–Crippen MR) is 92.5 cm³/mol. The summed E-state index contributed by atoms with van der Waals surface area (Å²) in [6.07, 6.45) is 1.50. The summed E-state index contributed by atoms with van der Waals surface area (Å²) in [6, 6.07) is 20.5. The van der Waals surface area contributed by atoms with Gasteiger partial charge >= 0.3 is 0 Å². The Morgan fingerprint density at radius 3 is 2.46 bits per heavy atom. The molecule has 1 atom stereocenters. The summed E-state index contributed by atoms with van der Waals surface area (Å²) in [6.45, 7) is 1.66. The zero-order valence-corrected chi connectivity index (χ0v) is 13.4. The Hall–Kier alpha value is -2.85. The normalized spacial score (nSPS) is 13.2. The zero-order valence-electron chi connectivity index (χ0n) is 13.4. The number of rotatable bonds is 5. The van der Waals surface area contributed by atoms with Gasteiger partial charge in [-0.05, 0) is 36.2 Å². The minimum Gasteiger partial charge on any atom is -0.466 e. The number of carbonyl (C=O) groups is 1. The number of nitrogens with one attached hydrogen (secondary N) is 1. The van der Waals surface area contributed by atoms with Crippen LogP contribution in [0.5, 0.6) is 0 Å². The highest BCUT2D eigenvalue weighted by Crippen LogP contribution is 2.24. The van der Waals surface area contributed by atoms with Crippen LogP contribution in [0.15, 0.2) is 77.4 Å². The van der Waals surface area contributed by atoms with Gasteiger partial charge in [-0.1, -0.05) is 48.5 Å². The molecule has 2 aromatic carbocycles. The molecular formula is C20H19NO3. The molecule has 2 N–H and O–H groups in total. The van der Waals surface area contributed by atoms with Crippen LogP contribution in [-0.2, 0) is 5.60 Å². The highest BCUT2D eigenvalue weighted by molar-refractivity contribution is 6.00. The van der Waals surface area contributed by atoms with Crippen LogP contribution in [0, 0.1) is 0 Å². The van der Waals surface area contributed by atoms with Crippen LogP contribution in [0.25, 0.3) is 11.1 Å². The van der Waals surface area contributed by atoms with E-state index < -0.39 is 5.60 Å². The molecule has 122 valence electrons. The number of hydrogen-bond donors (Lipinski definition) is 2. The first-order chi connectivity index (χ1) is 11.6. The van der Waals surface area contributed by atoms with Crippen LogP contribution >= 0.6 is 0 Å². The van der Waals surface area contributed by atoms with Gasteiger partial charge < -0.3 is 14.8 Å². The maximum Gasteiger partial charge on any atom is 0.252 e. The minimum absolute atomic E-state index is 0.0580. The van der Waals surface area contributed by atoms with Crippen molar-refractivity contribution in [2.75, 3.05) is 6.54 Å². The van der Waals surface area contributed by atoms with E-state index in [1.165, 1.54) is 6.26 Å². The Morgan fingerprint density at radius 1 is 1.04 bits per heavy atom. The average molecular weight is 321 g/mol. The first kappa shape index (κ1) is 16.0. The lowest BCUT2D eigenvalue weighted by molar-refractivity contribution is 0.0330. The quantitative estimate of drug-likeness (QED) is 0.755. The molecule has 1 heterocycles. The number of hydrogen-bond acceptors (Lipinski definition) is 3. The van der Waals surface area contributed by atoms with Crippen molar-refractivity contribution < 1.29 is 14.3 Å². The molecule has 0 aliphatic carbocycles. The number of furan rings is 1. The van der Waals surface area contributed by atoms with Crippen molar-refractivity contribution in [2.45, 2.75) is 12.5 Å². The van der Waals surface area contributed by atoms with E-state index in [-0.39, 0.29) is 12.5 Å². The summed E-state index contributed by atoms with van der Waals surface area (Å²) in [4.78, 5) is 12.6. The SMILES string of the molecule is CC(O)(CNC(=O)c1ccccc1-c1ccccc1)c1ccco1.